The lowest BCUT2D eigenvalue weighted by molar-refractivity contribution is 0.119. The highest BCUT2D eigenvalue weighted by Gasteiger charge is 2.12. The van der Waals surface area contributed by atoms with Gasteiger partial charge in [-0.15, -0.1) is 0 Å². The number of ether oxygens (including phenoxy) is 1. The fraction of sp³-hybridized carbons (Fsp3) is 0.258. The van der Waals surface area contributed by atoms with Crippen LogP contribution in [-0.4, -0.2) is 46.8 Å². The van der Waals surface area contributed by atoms with Crippen molar-refractivity contribution < 1.29 is 14.0 Å². The van der Waals surface area contributed by atoms with Gasteiger partial charge in [0.05, 0.1) is 10.5 Å². The fourth-order valence-corrected chi connectivity index (χ4v) is 4.71. The van der Waals surface area contributed by atoms with Crippen LogP contribution in [0.15, 0.2) is 72.1 Å². The summed E-state index contributed by atoms with van der Waals surface area (Å²) in [7, 11) is 0. The van der Waals surface area contributed by atoms with Gasteiger partial charge in [0, 0.05) is 23.2 Å². The van der Waals surface area contributed by atoms with Crippen LogP contribution in [0.25, 0.3) is 10.9 Å². The number of benzene rings is 3. The van der Waals surface area contributed by atoms with E-state index in [1.165, 1.54) is 31.3 Å². The summed E-state index contributed by atoms with van der Waals surface area (Å²) >= 11 is 6.50. The first kappa shape index (κ1) is 27.4. The molecule has 0 spiro atoms. The average Bonchev–Trinajstić information content (AvgIpc) is 3.48. The molecular weight excluding hydrogens is 529 g/mol. The second-order valence-corrected chi connectivity index (χ2v) is 9.75. The van der Waals surface area contributed by atoms with Gasteiger partial charge in [-0.25, -0.2) is 14.4 Å². The molecule has 1 aliphatic heterocycles. The highest BCUT2D eigenvalue weighted by Crippen LogP contribution is 2.31. The minimum Gasteiger partial charge on any atom is -0.487 e. The zero-order chi connectivity index (χ0) is 27.7. The standard InChI is InChI=1S/C31H29ClFN5O2/c1-2-6-28(37-40-16-15-38-13-3-4-14-38)23-9-11-29-26(18-23)31(35-21-34-29)36-25-10-12-30(27(32)19-25)39-20-22-7-5-8-24(33)17-22/h5,7-12,17-19,21H,3-4,13-16,20H2,1H3,(H,34,35,36)/b37-28+. The van der Waals surface area contributed by atoms with Crippen LogP contribution in [0.1, 0.15) is 30.9 Å². The Labute approximate surface area is 238 Å². The van der Waals surface area contributed by atoms with E-state index in [2.05, 4.69) is 37.2 Å². The van der Waals surface area contributed by atoms with Crippen LogP contribution in [0.3, 0.4) is 0 Å². The van der Waals surface area contributed by atoms with Crippen molar-refractivity contribution in [1.82, 2.24) is 14.9 Å². The van der Waals surface area contributed by atoms with Crippen LogP contribution in [0.5, 0.6) is 5.75 Å². The Hall–Kier alpha value is -4.19. The lowest BCUT2D eigenvalue weighted by Gasteiger charge is -2.13. The Morgan fingerprint density at radius 1 is 1.10 bits per heavy atom. The second-order valence-electron chi connectivity index (χ2n) is 9.34. The molecule has 1 aromatic heterocycles. The number of hydrogen-bond donors (Lipinski definition) is 1. The van der Waals surface area contributed by atoms with Gasteiger partial charge < -0.3 is 14.9 Å². The molecule has 204 valence electrons. The van der Waals surface area contributed by atoms with E-state index >= 15 is 0 Å². The molecule has 9 heteroatoms. The predicted octanol–water partition coefficient (Wildman–Crippen LogP) is 6.58. The van der Waals surface area contributed by atoms with Crippen molar-refractivity contribution >= 4 is 39.7 Å². The number of anilines is 2. The first-order chi connectivity index (χ1) is 19.6. The normalized spacial score (nSPS) is 13.6. The Kier molecular flexibility index (Phi) is 9.07. The van der Waals surface area contributed by atoms with Crippen molar-refractivity contribution in [2.75, 3.05) is 31.6 Å². The first-order valence-corrected chi connectivity index (χ1v) is 13.5. The minimum absolute atomic E-state index is 0.204. The fourth-order valence-electron chi connectivity index (χ4n) is 4.48. The lowest BCUT2D eigenvalue weighted by Crippen LogP contribution is -2.23. The number of nitrogens with one attached hydrogen (secondary N) is 1. The van der Waals surface area contributed by atoms with Gasteiger partial charge in [-0.05, 0) is 92.9 Å². The summed E-state index contributed by atoms with van der Waals surface area (Å²) in [4.78, 5) is 16.9. The topological polar surface area (TPSA) is 71.9 Å². The van der Waals surface area contributed by atoms with Crippen LogP contribution >= 0.6 is 11.6 Å². The van der Waals surface area contributed by atoms with Gasteiger partial charge in [-0.2, -0.15) is 0 Å². The van der Waals surface area contributed by atoms with Crippen LogP contribution in [-0.2, 0) is 11.4 Å². The van der Waals surface area contributed by atoms with Gasteiger partial charge in [0.2, 0.25) is 0 Å². The molecule has 3 aromatic carbocycles. The van der Waals surface area contributed by atoms with Crippen LogP contribution in [0.4, 0.5) is 15.9 Å². The molecule has 0 unspecified atom stereocenters. The molecule has 40 heavy (non-hydrogen) atoms. The number of oxime groups is 1. The van der Waals surface area contributed by atoms with E-state index in [1.54, 1.807) is 31.2 Å². The van der Waals surface area contributed by atoms with E-state index in [0.29, 0.717) is 34.5 Å². The van der Waals surface area contributed by atoms with E-state index in [-0.39, 0.29) is 12.4 Å². The lowest BCUT2D eigenvalue weighted by atomic mass is 10.1. The van der Waals surface area contributed by atoms with Gasteiger partial charge in [-0.3, -0.25) is 4.90 Å². The summed E-state index contributed by atoms with van der Waals surface area (Å²) in [5, 5.41) is 8.87. The molecule has 1 aliphatic rings. The minimum atomic E-state index is -0.308. The molecule has 0 radical (unpaired) electrons. The van der Waals surface area contributed by atoms with Gasteiger partial charge in [0.25, 0.3) is 0 Å². The third kappa shape index (κ3) is 7.06. The largest absolute Gasteiger partial charge is 0.487 e. The van der Waals surface area contributed by atoms with Crippen molar-refractivity contribution in [2.24, 2.45) is 5.16 Å². The number of rotatable bonds is 10. The second kappa shape index (κ2) is 13.2. The van der Waals surface area contributed by atoms with E-state index in [9.17, 15) is 4.39 Å². The average molecular weight is 558 g/mol. The van der Waals surface area contributed by atoms with Crippen molar-refractivity contribution in [3.05, 3.63) is 89.0 Å². The molecule has 0 atom stereocenters. The number of likely N-dealkylation sites (tertiary alicyclic amines) is 1. The molecule has 0 bridgehead atoms. The molecule has 7 nitrogen and oxygen atoms in total. The number of aromatic nitrogens is 2. The number of fused-ring (bicyclic) bond motifs is 1. The maximum absolute atomic E-state index is 13.5. The highest BCUT2D eigenvalue weighted by molar-refractivity contribution is 6.32. The Bertz CT molecular complexity index is 1580. The zero-order valence-corrected chi connectivity index (χ0v) is 22.9. The molecule has 4 aromatic rings. The van der Waals surface area contributed by atoms with Crippen molar-refractivity contribution in [3.8, 4) is 17.6 Å². The number of hydrogen-bond acceptors (Lipinski definition) is 7. The maximum atomic E-state index is 13.5. The summed E-state index contributed by atoms with van der Waals surface area (Å²) in [6.45, 7) is 5.58. The smallest absolute Gasteiger partial charge is 0.159 e. The Morgan fingerprint density at radius 2 is 1.98 bits per heavy atom. The first-order valence-electron chi connectivity index (χ1n) is 13.1. The van der Waals surface area contributed by atoms with Crippen LogP contribution < -0.4 is 10.1 Å². The van der Waals surface area contributed by atoms with Gasteiger partial charge in [0.1, 0.15) is 36.9 Å². The van der Waals surface area contributed by atoms with Gasteiger partial charge in [0.15, 0.2) is 5.71 Å². The number of nitrogens with zero attached hydrogens (tertiary/aromatic N) is 4. The Balaban J connectivity index is 1.31. The molecule has 1 fully saturated rings. The van der Waals surface area contributed by atoms with Gasteiger partial charge >= 0.3 is 0 Å². The third-order valence-electron chi connectivity index (χ3n) is 6.48. The molecule has 0 amide bonds. The third-order valence-corrected chi connectivity index (χ3v) is 6.78. The van der Waals surface area contributed by atoms with Crippen molar-refractivity contribution in [1.29, 1.82) is 0 Å². The Morgan fingerprint density at radius 3 is 2.77 bits per heavy atom. The number of halogens is 2. The van der Waals surface area contributed by atoms with Crippen molar-refractivity contribution in [3.63, 3.8) is 0 Å². The summed E-state index contributed by atoms with van der Waals surface area (Å²) in [6.07, 6.45) is 3.99. The molecule has 0 aliphatic carbocycles. The van der Waals surface area contributed by atoms with E-state index in [0.717, 1.165) is 41.8 Å². The summed E-state index contributed by atoms with van der Waals surface area (Å²) < 4.78 is 19.2. The van der Waals surface area contributed by atoms with E-state index in [1.807, 2.05) is 24.3 Å². The quantitative estimate of drug-likeness (QED) is 0.103. The summed E-state index contributed by atoms with van der Waals surface area (Å²) in [6, 6.07) is 17.4. The molecule has 2 heterocycles. The van der Waals surface area contributed by atoms with Crippen molar-refractivity contribution in [2.45, 2.75) is 26.4 Å². The molecular formula is C31H29ClFN5O2. The summed E-state index contributed by atoms with van der Waals surface area (Å²) in [5.74, 6) is 6.77. The predicted molar refractivity (Wildman–Crippen MR) is 157 cm³/mol. The highest BCUT2D eigenvalue weighted by atomic mass is 35.5. The van der Waals surface area contributed by atoms with E-state index < -0.39 is 0 Å². The van der Waals surface area contributed by atoms with Crippen LogP contribution in [0, 0.1) is 17.7 Å². The monoisotopic (exact) mass is 557 g/mol. The maximum Gasteiger partial charge on any atom is 0.159 e. The van der Waals surface area contributed by atoms with Crippen LogP contribution in [0.2, 0.25) is 5.02 Å². The van der Waals surface area contributed by atoms with Gasteiger partial charge in [-0.1, -0.05) is 34.8 Å². The summed E-state index contributed by atoms with van der Waals surface area (Å²) in [5.41, 5.74) is 3.56. The molecule has 5 rings (SSSR count). The van der Waals surface area contributed by atoms with E-state index in [4.69, 9.17) is 21.2 Å². The SMILES string of the molecule is CC#C/C(=N\OCCN1CCCC1)c1ccc2ncnc(Nc3ccc(OCc4cccc(F)c4)c(Cl)c3)c2c1. The zero-order valence-electron chi connectivity index (χ0n) is 22.2. The molecule has 0 saturated carbocycles. The molecule has 1 saturated heterocycles. The molecule has 1 N–H and O–H groups in total.